The molecule has 0 heterocycles. The Bertz CT molecular complexity index is 292. The molecule has 5 atom stereocenters. The number of aliphatic hydroxyl groups is 1. The van der Waals surface area contributed by atoms with Gasteiger partial charge < -0.3 is 5.11 Å². The van der Waals surface area contributed by atoms with Gasteiger partial charge in [0.1, 0.15) is 0 Å². The van der Waals surface area contributed by atoms with E-state index in [1.165, 1.54) is 19.3 Å². The third-order valence-electron chi connectivity index (χ3n) is 5.80. The molecule has 2 aliphatic carbocycles. The molecule has 1 N–H and O–H groups in total. The van der Waals surface area contributed by atoms with Crippen LogP contribution in [-0.2, 0) is 0 Å². The van der Waals surface area contributed by atoms with E-state index in [-0.39, 0.29) is 6.10 Å². The van der Waals surface area contributed by atoms with Crippen molar-refractivity contribution in [3.05, 3.63) is 12.7 Å². The molecule has 0 aliphatic heterocycles. The van der Waals surface area contributed by atoms with Crippen molar-refractivity contribution in [3.63, 3.8) is 0 Å². The summed E-state index contributed by atoms with van der Waals surface area (Å²) in [6.45, 7) is 12.9. The van der Waals surface area contributed by atoms with Crippen molar-refractivity contribution in [2.75, 3.05) is 0 Å². The van der Waals surface area contributed by atoms with Gasteiger partial charge >= 0.3 is 0 Å². The van der Waals surface area contributed by atoms with Gasteiger partial charge in [0.2, 0.25) is 0 Å². The van der Waals surface area contributed by atoms with E-state index in [0.717, 1.165) is 5.92 Å². The highest BCUT2D eigenvalue weighted by Crippen LogP contribution is 2.69. The molecule has 2 fully saturated rings. The van der Waals surface area contributed by atoms with Crippen LogP contribution < -0.4 is 0 Å². The topological polar surface area (TPSA) is 20.2 Å². The molecule has 2 aliphatic rings. The van der Waals surface area contributed by atoms with Crippen LogP contribution in [-0.4, -0.2) is 11.2 Å². The first-order chi connectivity index (χ1) is 7.36. The highest BCUT2D eigenvalue weighted by Gasteiger charge is 2.63. The summed E-state index contributed by atoms with van der Waals surface area (Å²) in [5.74, 6) is 1.76. The first kappa shape index (κ1) is 12.2. The molecule has 1 nitrogen and oxygen atoms in total. The van der Waals surface area contributed by atoms with Crippen LogP contribution in [0.1, 0.15) is 47.0 Å². The number of fused-ring (bicyclic) bond motifs is 2. The third-order valence-corrected chi connectivity index (χ3v) is 5.80. The zero-order valence-electron chi connectivity index (χ0n) is 11.2. The van der Waals surface area contributed by atoms with Crippen LogP contribution in [0.4, 0.5) is 0 Å². The molecule has 2 bridgehead atoms. The Hall–Kier alpha value is -0.300. The molecule has 0 radical (unpaired) electrons. The Morgan fingerprint density at radius 2 is 2.00 bits per heavy atom. The molecule has 5 unspecified atom stereocenters. The maximum Gasteiger partial charge on any atom is 0.0551 e. The summed E-state index contributed by atoms with van der Waals surface area (Å²) in [5, 5.41) is 10.2. The van der Waals surface area contributed by atoms with Crippen molar-refractivity contribution < 1.29 is 5.11 Å². The van der Waals surface area contributed by atoms with Gasteiger partial charge in [-0.15, -0.1) is 6.58 Å². The molecule has 2 saturated carbocycles. The molecule has 0 spiro atoms. The Balaban J connectivity index is 2.41. The average Bonchev–Trinajstić information content (AvgIpc) is 2.70. The van der Waals surface area contributed by atoms with Crippen molar-refractivity contribution in [3.8, 4) is 0 Å². The fourth-order valence-electron chi connectivity index (χ4n) is 5.05. The summed E-state index contributed by atoms with van der Waals surface area (Å²) in [6, 6.07) is 0. The van der Waals surface area contributed by atoms with E-state index in [2.05, 4.69) is 33.4 Å². The molecule has 2 rings (SSSR count). The molecule has 0 saturated heterocycles. The standard InChI is InChI=1S/C15H26O/c1-6-10(2)15-8-7-12(9-15)14(4,5)13(15)11(3)16/h6,10-13,16H,1,7-9H2,2-5H3. The van der Waals surface area contributed by atoms with E-state index in [0.29, 0.717) is 22.7 Å². The Morgan fingerprint density at radius 1 is 1.38 bits per heavy atom. The molecule has 0 aromatic carbocycles. The lowest BCUT2D eigenvalue weighted by molar-refractivity contribution is -0.0474. The van der Waals surface area contributed by atoms with Gasteiger partial charge in [-0.2, -0.15) is 0 Å². The van der Waals surface area contributed by atoms with Gasteiger partial charge in [-0.05, 0) is 54.8 Å². The zero-order valence-corrected chi connectivity index (χ0v) is 11.2. The Labute approximate surface area is 99.9 Å². The largest absolute Gasteiger partial charge is 0.393 e. The van der Waals surface area contributed by atoms with Crippen molar-refractivity contribution >= 4 is 0 Å². The molecule has 0 amide bonds. The minimum absolute atomic E-state index is 0.192. The van der Waals surface area contributed by atoms with Crippen molar-refractivity contribution in [1.29, 1.82) is 0 Å². The molecular weight excluding hydrogens is 196 g/mol. The molecule has 0 aromatic heterocycles. The molecule has 0 aromatic rings. The van der Waals surface area contributed by atoms with Crippen molar-refractivity contribution in [2.24, 2.45) is 28.6 Å². The van der Waals surface area contributed by atoms with E-state index in [1.807, 2.05) is 6.92 Å². The zero-order chi connectivity index (χ0) is 12.1. The second-order valence-corrected chi connectivity index (χ2v) is 6.74. The second-order valence-electron chi connectivity index (χ2n) is 6.74. The third kappa shape index (κ3) is 1.33. The van der Waals surface area contributed by atoms with Crippen molar-refractivity contribution in [2.45, 2.75) is 53.1 Å². The number of hydrogen-bond donors (Lipinski definition) is 1. The lowest BCUT2D eigenvalue weighted by Crippen LogP contribution is -2.45. The van der Waals surface area contributed by atoms with Crippen LogP contribution in [0.2, 0.25) is 0 Å². The maximum absolute atomic E-state index is 10.2. The molecular formula is C15H26O. The minimum Gasteiger partial charge on any atom is -0.393 e. The number of hydrogen-bond acceptors (Lipinski definition) is 1. The quantitative estimate of drug-likeness (QED) is 0.723. The van der Waals surface area contributed by atoms with Gasteiger partial charge in [-0.3, -0.25) is 0 Å². The summed E-state index contributed by atoms with van der Waals surface area (Å²) in [4.78, 5) is 0. The Kier molecular flexibility index (Phi) is 2.73. The second kappa shape index (κ2) is 3.60. The first-order valence-electron chi connectivity index (χ1n) is 6.67. The Morgan fingerprint density at radius 3 is 2.50 bits per heavy atom. The highest BCUT2D eigenvalue weighted by atomic mass is 16.3. The number of allylic oxidation sites excluding steroid dienone is 1. The maximum atomic E-state index is 10.2. The molecule has 1 heteroatoms. The van der Waals surface area contributed by atoms with E-state index in [9.17, 15) is 5.11 Å². The van der Waals surface area contributed by atoms with E-state index >= 15 is 0 Å². The summed E-state index contributed by atoms with van der Waals surface area (Å²) < 4.78 is 0. The van der Waals surface area contributed by atoms with Crippen LogP contribution in [0.25, 0.3) is 0 Å². The number of rotatable bonds is 3. The van der Waals surface area contributed by atoms with Crippen LogP contribution in [0.15, 0.2) is 12.7 Å². The van der Waals surface area contributed by atoms with Crippen molar-refractivity contribution in [1.82, 2.24) is 0 Å². The predicted octanol–water partition coefficient (Wildman–Crippen LogP) is 3.63. The van der Waals surface area contributed by atoms with Gasteiger partial charge in [0, 0.05) is 0 Å². The monoisotopic (exact) mass is 222 g/mol. The SMILES string of the molecule is C=CC(C)C12CCC(C1)C(C)(C)C2C(C)O. The van der Waals surface area contributed by atoms with Gasteiger partial charge in [-0.1, -0.05) is 26.8 Å². The summed E-state index contributed by atoms with van der Waals surface area (Å²) in [7, 11) is 0. The van der Waals surface area contributed by atoms with E-state index < -0.39 is 0 Å². The predicted molar refractivity (Wildman–Crippen MR) is 68.1 cm³/mol. The van der Waals surface area contributed by atoms with Crippen LogP contribution in [0.3, 0.4) is 0 Å². The molecule has 16 heavy (non-hydrogen) atoms. The van der Waals surface area contributed by atoms with E-state index in [1.54, 1.807) is 0 Å². The summed E-state index contributed by atoms with van der Waals surface area (Å²) >= 11 is 0. The van der Waals surface area contributed by atoms with E-state index in [4.69, 9.17) is 0 Å². The van der Waals surface area contributed by atoms with Gasteiger partial charge in [0.25, 0.3) is 0 Å². The smallest absolute Gasteiger partial charge is 0.0551 e. The van der Waals surface area contributed by atoms with Crippen LogP contribution in [0, 0.1) is 28.6 Å². The molecule has 92 valence electrons. The van der Waals surface area contributed by atoms with Gasteiger partial charge in [0.15, 0.2) is 0 Å². The summed E-state index contributed by atoms with van der Waals surface area (Å²) in [5.41, 5.74) is 0.619. The first-order valence-corrected chi connectivity index (χ1v) is 6.67. The van der Waals surface area contributed by atoms with Gasteiger partial charge in [0.05, 0.1) is 6.10 Å². The minimum atomic E-state index is -0.192. The highest BCUT2D eigenvalue weighted by molar-refractivity contribution is 5.14. The lowest BCUT2D eigenvalue weighted by atomic mass is 9.58. The summed E-state index contributed by atoms with van der Waals surface area (Å²) in [6.07, 6.45) is 5.82. The van der Waals surface area contributed by atoms with Crippen LogP contribution in [0.5, 0.6) is 0 Å². The fraction of sp³-hybridized carbons (Fsp3) is 0.867. The normalized spacial score (nSPS) is 44.3. The van der Waals surface area contributed by atoms with Crippen LogP contribution >= 0.6 is 0 Å². The lowest BCUT2D eigenvalue weighted by Gasteiger charge is -2.48. The van der Waals surface area contributed by atoms with Gasteiger partial charge in [-0.25, -0.2) is 0 Å². The fourth-order valence-corrected chi connectivity index (χ4v) is 5.05. The average molecular weight is 222 g/mol. The number of aliphatic hydroxyl groups excluding tert-OH is 1.